The Hall–Kier alpha value is -0.450. The van der Waals surface area contributed by atoms with Crippen LogP contribution in [-0.2, 0) is 9.53 Å². The third-order valence-corrected chi connectivity index (χ3v) is 11.1. The number of carbonyl (C=O) groups is 1. The summed E-state index contributed by atoms with van der Waals surface area (Å²) >= 11 is 0. The lowest BCUT2D eigenvalue weighted by molar-refractivity contribution is -0.295. The molecule has 1 spiro atoms. The van der Waals surface area contributed by atoms with Gasteiger partial charge in [0.05, 0.1) is 12.7 Å². The first-order chi connectivity index (χ1) is 14.6. The van der Waals surface area contributed by atoms with E-state index < -0.39 is 23.2 Å². The van der Waals surface area contributed by atoms with Crippen molar-refractivity contribution in [1.82, 2.24) is 0 Å². The molecule has 0 aromatic rings. The highest BCUT2D eigenvalue weighted by molar-refractivity contribution is 5.94. The van der Waals surface area contributed by atoms with E-state index in [-0.39, 0.29) is 18.1 Å². The molecule has 0 aromatic heterocycles. The Balaban J connectivity index is 1.40. The van der Waals surface area contributed by atoms with Crippen LogP contribution < -0.4 is 0 Å². The molecule has 4 aliphatic carbocycles. The number of rotatable bonds is 5. The van der Waals surface area contributed by atoms with Gasteiger partial charge in [-0.1, -0.05) is 47.0 Å². The molecule has 176 valence electrons. The zero-order valence-electron chi connectivity index (χ0n) is 20.1. The van der Waals surface area contributed by atoms with E-state index in [0.717, 1.165) is 30.6 Å². The summed E-state index contributed by atoms with van der Waals surface area (Å²) in [6.45, 7) is 10.1. The van der Waals surface area contributed by atoms with Crippen LogP contribution in [0.2, 0.25) is 0 Å². The molecule has 0 amide bonds. The van der Waals surface area contributed by atoms with Crippen molar-refractivity contribution in [3.63, 3.8) is 0 Å². The molecule has 2 aliphatic heterocycles. The van der Waals surface area contributed by atoms with Gasteiger partial charge in [-0.25, -0.2) is 0 Å². The Bertz CT molecular complexity index is 720. The molecule has 4 nitrogen and oxygen atoms in total. The lowest BCUT2D eigenvalue weighted by Gasteiger charge is -2.68. The van der Waals surface area contributed by atoms with Gasteiger partial charge in [-0.05, 0) is 79.4 Å². The van der Waals surface area contributed by atoms with Crippen molar-refractivity contribution in [2.24, 2.45) is 46.3 Å². The predicted octanol–water partition coefficient (Wildman–Crippen LogP) is 4.75. The van der Waals surface area contributed by atoms with Crippen LogP contribution >= 0.6 is 0 Å². The second kappa shape index (κ2) is 7.53. The Morgan fingerprint density at radius 3 is 2.58 bits per heavy atom. The fraction of sp³-hybridized carbons (Fsp3) is 0.963. The van der Waals surface area contributed by atoms with E-state index >= 15 is 0 Å². The molecule has 31 heavy (non-hydrogen) atoms. The Morgan fingerprint density at radius 2 is 1.84 bits per heavy atom. The number of hydrogen-bond donors (Lipinski definition) is 2. The van der Waals surface area contributed by atoms with E-state index in [4.69, 9.17) is 4.74 Å². The number of aliphatic hydroxyl groups is 2. The number of Topliss-reactive ketones (excluding diaryl/α,β-unsaturated/α-hetero) is 1. The summed E-state index contributed by atoms with van der Waals surface area (Å²) in [5.74, 6) is 3.33. The highest BCUT2D eigenvalue weighted by Gasteiger charge is 2.75. The van der Waals surface area contributed by atoms with E-state index in [1.54, 1.807) is 0 Å². The number of hydrogen-bond acceptors (Lipinski definition) is 4. The van der Waals surface area contributed by atoms with Crippen LogP contribution in [0.25, 0.3) is 0 Å². The molecule has 6 rings (SSSR count). The molecule has 4 heteroatoms. The van der Waals surface area contributed by atoms with Gasteiger partial charge >= 0.3 is 0 Å². The minimum absolute atomic E-state index is 0.101. The fourth-order valence-electron chi connectivity index (χ4n) is 9.54. The summed E-state index contributed by atoms with van der Waals surface area (Å²) < 4.78 is 6.27. The maximum absolute atomic E-state index is 13.6. The summed E-state index contributed by atoms with van der Waals surface area (Å²) in [5, 5.41) is 21.9. The van der Waals surface area contributed by atoms with Crippen LogP contribution in [0.3, 0.4) is 0 Å². The average molecular weight is 433 g/mol. The van der Waals surface area contributed by atoms with Crippen molar-refractivity contribution in [3.05, 3.63) is 0 Å². The van der Waals surface area contributed by atoms with Gasteiger partial charge in [-0.15, -0.1) is 0 Å². The third-order valence-electron chi connectivity index (χ3n) is 11.1. The van der Waals surface area contributed by atoms with Crippen molar-refractivity contribution in [2.75, 3.05) is 6.61 Å². The van der Waals surface area contributed by atoms with Crippen molar-refractivity contribution < 1.29 is 19.7 Å². The number of ketones is 1. The predicted molar refractivity (Wildman–Crippen MR) is 120 cm³/mol. The van der Waals surface area contributed by atoms with Gasteiger partial charge in [0.15, 0.2) is 5.78 Å². The first-order valence-corrected chi connectivity index (χ1v) is 13.2. The summed E-state index contributed by atoms with van der Waals surface area (Å²) in [7, 11) is 0. The van der Waals surface area contributed by atoms with Gasteiger partial charge < -0.3 is 14.9 Å². The van der Waals surface area contributed by atoms with Crippen LogP contribution in [0.15, 0.2) is 0 Å². The molecule has 0 aromatic carbocycles. The quantitative estimate of drug-likeness (QED) is 0.658. The molecular weight excluding hydrogens is 388 g/mol. The van der Waals surface area contributed by atoms with E-state index in [2.05, 4.69) is 27.7 Å². The van der Waals surface area contributed by atoms with Crippen LogP contribution in [-0.4, -0.2) is 40.4 Å². The maximum Gasteiger partial charge on any atom is 0.194 e. The normalized spacial score (nSPS) is 52.0. The van der Waals surface area contributed by atoms with Crippen molar-refractivity contribution in [3.8, 4) is 0 Å². The molecule has 0 radical (unpaired) electrons. The fourth-order valence-corrected chi connectivity index (χ4v) is 9.54. The lowest BCUT2D eigenvalue weighted by atomic mass is 9.40. The van der Waals surface area contributed by atoms with Gasteiger partial charge in [0.1, 0.15) is 11.7 Å². The Kier molecular flexibility index (Phi) is 5.43. The van der Waals surface area contributed by atoms with Gasteiger partial charge in [0.2, 0.25) is 0 Å². The van der Waals surface area contributed by atoms with Crippen molar-refractivity contribution in [1.29, 1.82) is 0 Å². The molecule has 1 unspecified atom stereocenters. The second-order valence-electron chi connectivity index (χ2n) is 12.8. The zero-order valence-corrected chi connectivity index (χ0v) is 20.1. The largest absolute Gasteiger partial charge is 0.393 e. The molecule has 6 aliphatic rings. The molecule has 10 atom stereocenters. The van der Waals surface area contributed by atoms with Crippen LogP contribution in [0.5, 0.6) is 0 Å². The minimum Gasteiger partial charge on any atom is -0.393 e. The molecular formula is C27H44O4. The van der Waals surface area contributed by atoms with Gasteiger partial charge in [0.25, 0.3) is 0 Å². The smallest absolute Gasteiger partial charge is 0.194 e. The number of fused-ring (bicyclic) bond motifs is 2. The lowest BCUT2D eigenvalue weighted by Crippen LogP contribution is -2.77. The SMILES string of the molecule is CC(C)CCCC(C)[C@H]1CC[C@H]2[C@@H]3[C@H]4OC[C@@]5(CC[C@@H](O)C[C@]5(O)C4=O)[C@H]3CC[C@]12C. The average Bonchev–Trinajstić information content (AvgIpc) is 3.07. The van der Waals surface area contributed by atoms with E-state index in [1.807, 2.05) is 0 Å². The molecule has 2 N–H and O–H groups in total. The molecule has 2 heterocycles. The molecule has 6 fully saturated rings. The summed E-state index contributed by atoms with van der Waals surface area (Å²) in [4.78, 5) is 13.6. The van der Waals surface area contributed by atoms with E-state index in [9.17, 15) is 15.0 Å². The highest BCUT2D eigenvalue weighted by Crippen LogP contribution is 2.70. The standard InChI is InChI=1S/C27H44O4/c1-16(2)6-5-7-17(3)19-8-9-20-22-21(11-12-25(19,20)4)26-13-10-18(28)14-27(26,30)24(29)23(22)31-15-26/h16-23,28,30H,5-15H2,1-4H3/t17?,18-,19-,20+,21+,22+,23-,25-,26+,27+/m1/s1. The highest BCUT2D eigenvalue weighted by atomic mass is 16.5. The van der Waals surface area contributed by atoms with Gasteiger partial charge in [-0.3, -0.25) is 4.79 Å². The number of ether oxygens (including phenoxy) is 1. The first-order valence-electron chi connectivity index (χ1n) is 13.2. The molecule has 4 saturated carbocycles. The Morgan fingerprint density at radius 1 is 1.06 bits per heavy atom. The van der Waals surface area contributed by atoms with Crippen LogP contribution in [0.4, 0.5) is 0 Å². The first kappa shape index (κ1) is 22.3. The third kappa shape index (κ3) is 2.99. The summed E-state index contributed by atoms with van der Waals surface area (Å²) in [6, 6.07) is 0. The van der Waals surface area contributed by atoms with Crippen molar-refractivity contribution >= 4 is 5.78 Å². The topological polar surface area (TPSA) is 66.8 Å². The summed E-state index contributed by atoms with van der Waals surface area (Å²) in [6.07, 6.45) is 9.39. The van der Waals surface area contributed by atoms with Gasteiger partial charge in [0, 0.05) is 11.8 Å². The molecule has 2 saturated heterocycles. The van der Waals surface area contributed by atoms with E-state index in [0.29, 0.717) is 30.3 Å². The zero-order chi connectivity index (χ0) is 22.2. The number of aliphatic hydroxyl groups excluding tert-OH is 1. The minimum atomic E-state index is -1.37. The van der Waals surface area contributed by atoms with Gasteiger partial charge in [-0.2, -0.15) is 0 Å². The second-order valence-corrected chi connectivity index (χ2v) is 12.8. The summed E-state index contributed by atoms with van der Waals surface area (Å²) in [5.41, 5.74) is -1.54. The van der Waals surface area contributed by atoms with E-state index in [1.165, 1.54) is 38.5 Å². The van der Waals surface area contributed by atoms with Crippen LogP contribution in [0, 0.1) is 46.3 Å². The Labute approximate surface area is 188 Å². The molecule has 2 bridgehead atoms. The monoisotopic (exact) mass is 432 g/mol. The number of carbonyl (C=O) groups excluding carboxylic acids is 1. The maximum atomic E-state index is 13.6. The van der Waals surface area contributed by atoms with Crippen molar-refractivity contribution in [2.45, 2.75) is 110 Å². The van der Waals surface area contributed by atoms with Crippen LogP contribution in [0.1, 0.15) is 91.9 Å².